The van der Waals surface area contributed by atoms with E-state index in [1.54, 1.807) is 6.33 Å². The summed E-state index contributed by atoms with van der Waals surface area (Å²) in [6.07, 6.45) is 3.80. The van der Waals surface area contributed by atoms with Crippen LogP contribution in [0.25, 0.3) is 0 Å². The Morgan fingerprint density at radius 2 is 2.00 bits per heavy atom. The van der Waals surface area contributed by atoms with Crippen LogP contribution in [0.4, 0.5) is 5.82 Å². The van der Waals surface area contributed by atoms with Crippen LogP contribution in [0.2, 0.25) is 0 Å². The minimum Gasteiger partial charge on any atom is -0.373 e. The molecule has 1 atom stereocenters. The lowest BCUT2D eigenvalue weighted by molar-refractivity contribution is 0.641. The smallest absolute Gasteiger partial charge is 0.133 e. The Labute approximate surface area is 109 Å². The van der Waals surface area contributed by atoms with Gasteiger partial charge in [-0.15, -0.1) is 11.8 Å². The summed E-state index contributed by atoms with van der Waals surface area (Å²) in [5, 5.41) is 4.86. The van der Waals surface area contributed by atoms with E-state index < -0.39 is 0 Å². The summed E-state index contributed by atoms with van der Waals surface area (Å²) in [7, 11) is 1.92. The van der Waals surface area contributed by atoms with Crippen LogP contribution in [0, 0.1) is 5.92 Å². The molecule has 0 spiro atoms. The van der Waals surface area contributed by atoms with E-state index in [4.69, 9.17) is 0 Å². The predicted octanol–water partition coefficient (Wildman–Crippen LogP) is 3.61. The van der Waals surface area contributed by atoms with Crippen LogP contribution in [0.1, 0.15) is 39.7 Å². The Morgan fingerprint density at radius 3 is 2.53 bits per heavy atom. The molecule has 1 rings (SSSR count). The average Bonchev–Trinajstić information content (AvgIpc) is 2.31. The molecule has 0 aliphatic rings. The minimum atomic E-state index is 0.574. The van der Waals surface area contributed by atoms with Gasteiger partial charge < -0.3 is 5.32 Å². The fourth-order valence-corrected chi connectivity index (χ4v) is 2.57. The van der Waals surface area contributed by atoms with E-state index in [0.29, 0.717) is 11.2 Å². The fourth-order valence-electron chi connectivity index (χ4n) is 1.50. The molecule has 0 radical (unpaired) electrons. The fraction of sp³-hybridized carbons (Fsp3) is 0.692. The van der Waals surface area contributed by atoms with Crippen molar-refractivity contribution in [2.24, 2.45) is 5.92 Å². The van der Waals surface area contributed by atoms with Crippen LogP contribution in [-0.4, -0.2) is 22.3 Å². The van der Waals surface area contributed by atoms with Crippen molar-refractivity contribution in [1.82, 2.24) is 9.97 Å². The van der Waals surface area contributed by atoms with Gasteiger partial charge in [-0.2, -0.15) is 0 Å². The third-order valence-corrected chi connectivity index (χ3v) is 4.37. The van der Waals surface area contributed by atoms with Gasteiger partial charge in [0.05, 0.1) is 0 Å². The quantitative estimate of drug-likeness (QED) is 0.621. The first-order valence-corrected chi connectivity index (χ1v) is 7.16. The molecule has 0 bridgehead atoms. The Morgan fingerprint density at radius 1 is 1.29 bits per heavy atom. The summed E-state index contributed by atoms with van der Waals surface area (Å²) in [6.45, 7) is 8.94. The predicted molar refractivity (Wildman–Crippen MR) is 75.7 cm³/mol. The number of nitrogens with one attached hydrogen (secondary N) is 1. The zero-order chi connectivity index (χ0) is 12.8. The van der Waals surface area contributed by atoms with Gasteiger partial charge in [-0.05, 0) is 12.3 Å². The molecule has 1 N–H and O–H groups in total. The molecule has 1 aromatic rings. The van der Waals surface area contributed by atoms with E-state index in [1.807, 2.05) is 18.8 Å². The van der Waals surface area contributed by atoms with E-state index in [1.165, 1.54) is 5.56 Å². The lowest BCUT2D eigenvalue weighted by Crippen LogP contribution is -2.08. The average molecular weight is 253 g/mol. The molecule has 1 heterocycles. The topological polar surface area (TPSA) is 37.8 Å². The summed E-state index contributed by atoms with van der Waals surface area (Å²) >= 11 is 1.86. The molecule has 3 nitrogen and oxygen atoms in total. The molecular weight excluding hydrogens is 230 g/mol. The van der Waals surface area contributed by atoms with Crippen LogP contribution in [0.5, 0.6) is 0 Å². The zero-order valence-corrected chi connectivity index (χ0v) is 12.3. The minimum absolute atomic E-state index is 0.574. The highest BCUT2D eigenvalue weighted by Crippen LogP contribution is 2.31. The maximum atomic E-state index is 4.44. The molecule has 0 aliphatic heterocycles. The standard InChI is InChI=1S/C13H23N3S/c1-6-7-11-12(14-5)15-8-16-13(11)17-10(4)9(2)3/h8-10H,6-7H2,1-5H3,(H,14,15,16). The van der Waals surface area contributed by atoms with Crippen LogP contribution in [0.3, 0.4) is 0 Å². The Bertz CT molecular complexity index is 353. The van der Waals surface area contributed by atoms with Gasteiger partial charge in [0, 0.05) is 17.9 Å². The maximum absolute atomic E-state index is 4.44. The third-order valence-electron chi connectivity index (χ3n) is 2.88. The number of rotatable bonds is 6. The summed E-state index contributed by atoms with van der Waals surface area (Å²) in [6, 6.07) is 0. The molecule has 4 heteroatoms. The molecule has 96 valence electrons. The van der Waals surface area contributed by atoms with Gasteiger partial charge in [-0.3, -0.25) is 0 Å². The molecular formula is C13H23N3S. The van der Waals surface area contributed by atoms with E-state index in [9.17, 15) is 0 Å². The second kappa shape index (κ2) is 6.84. The molecule has 0 fully saturated rings. The van der Waals surface area contributed by atoms with Crippen molar-refractivity contribution < 1.29 is 0 Å². The SMILES string of the molecule is CCCc1c(NC)ncnc1SC(C)C(C)C. The Balaban J connectivity index is 2.97. The van der Waals surface area contributed by atoms with Crippen molar-refractivity contribution >= 4 is 17.6 Å². The van der Waals surface area contributed by atoms with Crippen LogP contribution in [-0.2, 0) is 6.42 Å². The largest absolute Gasteiger partial charge is 0.373 e. The molecule has 0 saturated carbocycles. The number of hydrogen-bond donors (Lipinski definition) is 1. The van der Waals surface area contributed by atoms with Crippen molar-refractivity contribution in [1.29, 1.82) is 0 Å². The number of anilines is 1. The van der Waals surface area contributed by atoms with Gasteiger partial charge in [-0.1, -0.05) is 34.1 Å². The molecule has 1 unspecified atom stereocenters. The highest BCUT2D eigenvalue weighted by molar-refractivity contribution is 7.99. The van der Waals surface area contributed by atoms with Crippen molar-refractivity contribution in [2.45, 2.75) is 50.8 Å². The maximum Gasteiger partial charge on any atom is 0.133 e. The van der Waals surface area contributed by atoms with Crippen molar-refractivity contribution in [3.05, 3.63) is 11.9 Å². The first-order chi connectivity index (χ1) is 8.10. The van der Waals surface area contributed by atoms with E-state index >= 15 is 0 Å². The second-order valence-corrected chi connectivity index (χ2v) is 5.94. The summed E-state index contributed by atoms with van der Waals surface area (Å²) < 4.78 is 0. The van der Waals surface area contributed by atoms with Gasteiger partial charge in [-0.25, -0.2) is 9.97 Å². The third kappa shape index (κ3) is 3.87. The lowest BCUT2D eigenvalue weighted by Gasteiger charge is -2.17. The Hall–Kier alpha value is -0.770. The van der Waals surface area contributed by atoms with Crippen molar-refractivity contribution in [2.75, 3.05) is 12.4 Å². The molecule has 0 aromatic carbocycles. The highest BCUT2D eigenvalue weighted by Gasteiger charge is 2.15. The van der Waals surface area contributed by atoms with Gasteiger partial charge >= 0.3 is 0 Å². The lowest BCUT2D eigenvalue weighted by atomic mass is 10.1. The first-order valence-electron chi connectivity index (χ1n) is 6.28. The molecule has 17 heavy (non-hydrogen) atoms. The number of thioether (sulfide) groups is 1. The Kier molecular flexibility index (Phi) is 5.75. The summed E-state index contributed by atoms with van der Waals surface area (Å²) in [5.41, 5.74) is 1.26. The number of nitrogens with zero attached hydrogens (tertiary/aromatic N) is 2. The monoisotopic (exact) mass is 253 g/mol. The number of hydrogen-bond acceptors (Lipinski definition) is 4. The zero-order valence-electron chi connectivity index (χ0n) is 11.4. The van der Waals surface area contributed by atoms with Gasteiger partial charge in [0.1, 0.15) is 17.2 Å². The number of aromatic nitrogens is 2. The van der Waals surface area contributed by atoms with E-state index in [0.717, 1.165) is 23.7 Å². The van der Waals surface area contributed by atoms with E-state index in [-0.39, 0.29) is 0 Å². The summed E-state index contributed by atoms with van der Waals surface area (Å²) in [5.74, 6) is 1.63. The van der Waals surface area contributed by atoms with Gasteiger partial charge in [0.15, 0.2) is 0 Å². The molecule has 1 aromatic heterocycles. The van der Waals surface area contributed by atoms with Gasteiger partial charge in [0.25, 0.3) is 0 Å². The molecule has 0 aliphatic carbocycles. The van der Waals surface area contributed by atoms with Crippen LogP contribution >= 0.6 is 11.8 Å². The van der Waals surface area contributed by atoms with Crippen molar-refractivity contribution in [3.8, 4) is 0 Å². The van der Waals surface area contributed by atoms with E-state index in [2.05, 4.69) is 43.0 Å². The van der Waals surface area contributed by atoms with Crippen LogP contribution in [0.15, 0.2) is 11.4 Å². The molecule has 0 saturated heterocycles. The summed E-state index contributed by atoms with van der Waals surface area (Å²) in [4.78, 5) is 8.73. The first kappa shape index (κ1) is 14.3. The van der Waals surface area contributed by atoms with Crippen LogP contribution < -0.4 is 5.32 Å². The highest BCUT2D eigenvalue weighted by atomic mass is 32.2. The second-order valence-electron chi connectivity index (χ2n) is 4.57. The van der Waals surface area contributed by atoms with Crippen molar-refractivity contribution in [3.63, 3.8) is 0 Å². The molecule has 0 amide bonds. The van der Waals surface area contributed by atoms with Gasteiger partial charge in [0.2, 0.25) is 0 Å². The normalized spacial score (nSPS) is 12.8.